The summed E-state index contributed by atoms with van der Waals surface area (Å²) in [5, 5.41) is 8.84. The molecule has 0 aromatic heterocycles. The molecule has 1 rings (SSSR count). The number of amides is 1. The van der Waals surface area contributed by atoms with Crippen LogP contribution in [-0.4, -0.2) is 37.1 Å². The first-order chi connectivity index (χ1) is 8.60. The molecule has 0 aliphatic rings. The van der Waals surface area contributed by atoms with Crippen LogP contribution >= 0.6 is 0 Å². The number of nitriles is 1. The monoisotopic (exact) mass is 246 g/mol. The van der Waals surface area contributed by atoms with E-state index in [0.29, 0.717) is 24.3 Å². The molecule has 0 aliphatic heterocycles. The van der Waals surface area contributed by atoms with Crippen LogP contribution in [0.2, 0.25) is 0 Å². The Morgan fingerprint density at radius 2 is 2.22 bits per heavy atom. The Kier molecular flexibility index (Phi) is 5.34. The van der Waals surface area contributed by atoms with E-state index in [4.69, 9.17) is 10.00 Å². The minimum Gasteiger partial charge on any atom is -0.383 e. The van der Waals surface area contributed by atoms with Crippen molar-refractivity contribution in [3.63, 3.8) is 0 Å². The standard InChI is InChI=1S/C14H18N2O2/c1-11(2)16(7-8-18-3)14(17)13-6-4-5-12(9-13)10-15/h4-6,9,11H,7-8H2,1-3H3. The molecule has 0 heterocycles. The molecule has 1 aromatic carbocycles. The van der Waals surface area contributed by atoms with Crippen molar-refractivity contribution in [2.45, 2.75) is 19.9 Å². The van der Waals surface area contributed by atoms with Crippen LogP contribution in [0.1, 0.15) is 29.8 Å². The third-order valence-corrected chi connectivity index (χ3v) is 2.66. The molecule has 0 unspecified atom stereocenters. The second kappa shape index (κ2) is 6.77. The summed E-state index contributed by atoms with van der Waals surface area (Å²) in [4.78, 5) is 14.1. The molecule has 0 saturated heterocycles. The molecule has 1 aromatic rings. The number of methoxy groups -OCH3 is 1. The molecule has 0 saturated carbocycles. The first-order valence-electron chi connectivity index (χ1n) is 5.90. The quantitative estimate of drug-likeness (QED) is 0.799. The summed E-state index contributed by atoms with van der Waals surface area (Å²) in [6, 6.07) is 8.89. The topological polar surface area (TPSA) is 53.3 Å². The van der Waals surface area contributed by atoms with Gasteiger partial charge in [-0.05, 0) is 32.0 Å². The van der Waals surface area contributed by atoms with E-state index in [1.165, 1.54) is 0 Å². The van der Waals surface area contributed by atoms with Crippen molar-refractivity contribution in [3.8, 4) is 6.07 Å². The summed E-state index contributed by atoms with van der Waals surface area (Å²) in [6.07, 6.45) is 0. The molecule has 0 N–H and O–H groups in total. The Balaban J connectivity index is 2.91. The predicted molar refractivity (Wildman–Crippen MR) is 69.2 cm³/mol. The van der Waals surface area contributed by atoms with Gasteiger partial charge in [-0.2, -0.15) is 5.26 Å². The van der Waals surface area contributed by atoms with E-state index >= 15 is 0 Å². The third-order valence-electron chi connectivity index (χ3n) is 2.66. The molecule has 1 amide bonds. The van der Waals surface area contributed by atoms with Gasteiger partial charge in [0.2, 0.25) is 0 Å². The molecule has 4 nitrogen and oxygen atoms in total. The van der Waals surface area contributed by atoms with Gasteiger partial charge in [-0.15, -0.1) is 0 Å². The average Bonchev–Trinajstić information content (AvgIpc) is 2.38. The van der Waals surface area contributed by atoms with Crippen molar-refractivity contribution in [2.24, 2.45) is 0 Å². The molecule has 18 heavy (non-hydrogen) atoms. The Morgan fingerprint density at radius 1 is 1.50 bits per heavy atom. The fourth-order valence-corrected chi connectivity index (χ4v) is 1.67. The van der Waals surface area contributed by atoms with E-state index in [0.717, 1.165) is 0 Å². The number of nitrogens with zero attached hydrogens (tertiary/aromatic N) is 2. The van der Waals surface area contributed by atoms with Gasteiger partial charge in [-0.3, -0.25) is 4.79 Å². The summed E-state index contributed by atoms with van der Waals surface area (Å²) in [6.45, 7) is 4.97. The zero-order chi connectivity index (χ0) is 13.5. The first kappa shape index (κ1) is 14.2. The van der Waals surface area contributed by atoms with Gasteiger partial charge in [0.15, 0.2) is 0 Å². The van der Waals surface area contributed by atoms with Crippen LogP contribution in [0.15, 0.2) is 24.3 Å². The van der Waals surface area contributed by atoms with Crippen molar-refractivity contribution < 1.29 is 9.53 Å². The highest BCUT2D eigenvalue weighted by Gasteiger charge is 2.18. The van der Waals surface area contributed by atoms with Gasteiger partial charge < -0.3 is 9.64 Å². The Labute approximate surface area is 108 Å². The van der Waals surface area contributed by atoms with Crippen molar-refractivity contribution in [1.29, 1.82) is 5.26 Å². The van der Waals surface area contributed by atoms with Crippen LogP contribution in [0.5, 0.6) is 0 Å². The highest BCUT2D eigenvalue weighted by molar-refractivity contribution is 5.94. The molecule has 0 aliphatic carbocycles. The molecular weight excluding hydrogens is 228 g/mol. The van der Waals surface area contributed by atoms with Gasteiger partial charge in [0.25, 0.3) is 5.91 Å². The minimum atomic E-state index is -0.0702. The fourth-order valence-electron chi connectivity index (χ4n) is 1.67. The highest BCUT2D eigenvalue weighted by atomic mass is 16.5. The van der Waals surface area contributed by atoms with E-state index in [2.05, 4.69) is 0 Å². The van der Waals surface area contributed by atoms with Gasteiger partial charge >= 0.3 is 0 Å². The van der Waals surface area contributed by atoms with E-state index < -0.39 is 0 Å². The molecule has 0 spiro atoms. The molecule has 0 bridgehead atoms. The lowest BCUT2D eigenvalue weighted by molar-refractivity contribution is 0.0635. The highest BCUT2D eigenvalue weighted by Crippen LogP contribution is 2.10. The number of hydrogen-bond donors (Lipinski definition) is 0. The summed E-state index contributed by atoms with van der Waals surface area (Å²) in [7, 11) is 1.61. The fraction of sp³-hybridized carbons (Fsp3) is 0.429. The van der Waals surface area contributed by atoms with Crippen LogP contribution < -0.4 is 0 Å². The first-order valence-corrected chi connectivity index (χ1v) is 5.90. The predicted octanol–water partition coefficient (Wildman–Crippen LogP) is 2.06. The summed E-state index contributed by atoms with van der Waals surface area (Å²) in [5.74, 6) is -0.0702. The average molecular weight is 246 g/mol. The number of hydrogen-bond acceptors (Lipinski definition) is 3. The Hall–Kier alpha value is -1.86. The zero-order valence-corrected chi connectivity index (χ0v) is 11.0. The van der Waals surface area contributed by atoms with Crippen LogP contribution in [0.3, 0.4) is 0 Å². The lowest BCUT2D eigenvalue weighted by Gasteiger charge is -2.26. The number of rotatable bonds is 5. The van der Waals surface area contributed by atoms with Crippen LogP contribution in [-0.2, 0) is 4.74 Å². The van der Waals surface area contributed by atoms with Gasteiger partial charge in [0, 0.05) is 25.3 Å². The van der Waals surface area contributed by atoms with Gasteiger partial charge in [0.1, 0.15) is 0 Å². The maximum Gasteiger partial charge on any atom is 0.254 e. The van der Waals surface area contributed by atoms with Gasteiger partial charge in [0.05, 0.1) is 18.2 Å². The lowest BCUT2D eigenvalue weighted by atomic mass is 10.1. The van der Waals surface area contributed by atoms with E-state index in [1.807, 2.05) is 19.9 Å². The molecule has 96 valence electrons. The maximum absolute atomic E-state index is 12.3. The summed E-state index contributed by atoms with van der Waals surface area (Å²) >= 11 is 0. The van der Waals surface area contributed by atoms with Gasteiger partial charge in [-0.25, -0.2) is 0 Å². The van der Waals surface area contributed by atoms with Crippen molar-refractivity contribution in [3.05, 3.63) is 35.4 Å². The summed E-state index contributed by atoms with van der Waals surface area (Å²) < 4.78 is 5.01. The van der Waals surface area contributed by atoms with Crippen LogP contribution in [0.4, 0.5) is 0 Å². The normalized spacial score (nSPS) is 10.2. The number of carbonyl (C=O) groups excluding carboxylic acids is 1. The maximum atomic E-state index is 12.3. The Bertz CT molecular complexity index is 449. The van der Waals surface area contributed by atoms with Gasteiger partial charge in [-0.1, -0.05) is 6.07 Å². The second-order valence-electron chi connectivity index (χ2n) is 4.28. The Morgan fingerprint density at radius 3 is 2.78 bits per heavy atom. The van der Waals surface area contributed by atoms with Crippen LogP contribution in [0.25, 0.3) is 0 Å². The van der Waals surface area contributed by atoms with E-state index in [1.54, 1.807) is 36.3 Å². The molecule has 0 radical (unpaired) electrons. The van der Waals surface area contributed by atoms with Crippen molar-refractivity contribution in [1.82, 2.24) is 4.90 Å². The van der Waals surface area contributed by atoms with Crippen molar-refractivity contribution >= 4 is 5.91 Å². The molecular formula is C14H18N2O2. The third kappa shape index (κ3) is 3.57. The zero-order valence-electron chi connectivity index (χ0n) is 11.0. The van der Waals surface area contributed by atoms with Crippen molar-refractivity contribution in [2.75, 3.05) is 20.3 Å². The van der Waals surface area contributed by atoms with E-state index in [-0.39, 0.29) is 11.9 Å². The second-order valence-corrected chi connectivity index (χ2v) is 4.28. The SMILES string of the molecule is COCCN(C(=O)c1cccc(C#N)c1)C(C)C. The van der Waals surface area contributed by atoms with E-state index in [9.17, 15) is 4.79 Å². The molecule has 0 atom stereocenters. The van der Waals surface area contributed by atoms with Crippen LogP contribution in [0, 0.1) is 11.3 Å². The molecule has 0 fully saturated rings. The number of ether oxygens (including phenoxy) is 1. The number of benzene rings is 1. The molecule has 4 heteroatoms. The number of carbonyl (C=O) groups is 1. The lowest BCUT2D eigenvalue weighted by Crippen LogP contribution is -2.39. The largest absolute Gasteiger partial charge is 0.383 e. The smallest absolute Gasteiger partial charge is 0.254 e. The summed E-state index contributed by atoms with van der Waals surface area (Å²) in [5.41, 5.74) is 1.04. The minimum absolute atomic E-state index is 0.0702.